The topological polar surface area (TPSA) is 103 Å². The molecule has 1 aliphatic rings. The van der Waals surface area contributed by atoms with E-state index < -0.39 is 0 Å². The van der Waals surface area contributed by atoms with Gasteiger partial charge >= 0.3 is 0 Å². The Bertz CT molecular complexity index is 1370. The van der Waals surface area contributed by atoms with Crippen molar-refractivity contribution < 1.29 is 19.0 Å². The van der Waals surface area contributed by atoms with E-state index in [1.165, 1.54) is 0 Å². The SMILES string of the molecule is COc1cc2nc(N3CCN(C(=O)c4ccc(Oc5ccccc5)cc4)CC3)nc(N)c2cc1OC. The summed E-state index contributed by atoms with van der Waals surface area (Å²) < 4.78 is 16.6. The highest BCUT2D eigenvalue weighted by atomic mass is 16.5. The molecule has 3 aromatic carbocycles. The van der Waals surface area contributed by atoms with Gasteiger partial charge in [0.05, 0.1) is 19.7 Å². The van der Waals surface area contributed by atoms with E-state index in [9.17, 15) is 4.79 Å². The van der Waals surface area contributed by atoms with E-state index in [2.05, 4.69) is 4.98 Å². The molecule has 36 heavy (non-hydrogen) atoms. The fourth-order valence-corrected chi connectivity index (χ4v) is 4.19. The monoisotopic (exact) mass is 485 g/mol. The van der Waals surface area contributed by atoms with Crippen LogP contribution < -0.4 is 24.8 Å². The number of fused-ring (bicyclic) bond motifs is 1. The van der Waals surface area contributed by atoms with Crippen molar-refractivity contribution in [1.29, 1.82) is 0 Å². The van der Waals surface area contributed by atoms with Gasteiger partial charge in [-0.15, -0.1) is 0 Å². The summed E-state index contributed by atoms with van der Waals surface area (Å²) in [7, 11) is 3.15. The molecule has 4 aromatic rings. The molecule has 1 fully saturated rings. The van der Waals surface area contributed by atoms with Gasteiger partial charge in [0.15, 0.2) is 11.5 Å². The Hall–Kier alpha value is -4.53. The maximum absolute atomic E-state index is 13.1. The summed E-state index contributed by atoms with van der Waals surface area (Å²) in [5, 5.41) is 0.699. The quantitative estimate of drug-likeness (QED) is 0.437. The summed E-state index contributed by atoms with van der Waals surface area (Å²) >= 11 is 0. The fourth-order valence-electron chi connectivity index (χ4n) is 4.19. The van der Waals surface area contributed by atoms with Crippen LogP contribution in [0.15, 0.2) is 66.7 Å². The molecule has 184 valence electrons. The third-order valence-electron chi connectivity index (χ3n) is 6.15. The van der Waals surface area contributed by atoms with Gasteiger partial charge in [-0.05, 0) is 42.5 Å². The van der Waals surface area contributed by atoms with Crippen LogP contribution in [0, 0.1) is 0 Å². The number of benzene rings is 3. The van der Waals surface area contributed by atoms with Gasteiger partial charge in [0.25, 0.3) is 5.91 Å². The number of nitrogens with zero attached hydrogens (tertiary/aromatic N) is 4. The van der Waals surface area contributed by atoms with Crippen molar-refractivity contribution in [3.8, 4) is 23.0 Å². The van der Waals surface area contributed by atoms with Crippen LogP contribution >= 0.6 is 0 Å². The molecule has 0 unspecified atom stereocenters. The van der Waals surface area contributed by atoms with Crippen LogP contribution in [0.2, 0.25) is 0 Å². The number of piperazine rings is 1. The van der Waals surface area contributed by atoms with Crippen molar-refractivity contribution in [2.45, 2.75) is 0 Å². The van der Waals surface area contributed by atoms with Gasteiger partial charge in [0, 0.05) is 43.2 Å². The minimum Gasteiger partial charge on any atom is -0.493 e. The third kappa shape index (κ3) is 4.68. The molecule has 0 radical (unpaired) electrons. The number of anilines is 2. The van der Waals surface area contributed by atoms with Crippen LogP contribution in [0.1, 0.15) is 10.4 Å². The lowest BCUT2D eigenvalue weighted by Crippen LogP contribution is -2.49. The van der Waals surface area contributed by atoms with E-state index in [-0.39, 0.29) is 5.91 Å². The summed E-state index contributed by atoms with van der Waals surface area (Å²) in [4.78, 5) is 26.1. The van der Waals surface area contributed by atoms with E-state index in [0.29, 0.717) is 71.7 Å². The second kappa shape index (κ2) is 9.99. The second-order valence-corrected chi connectivity index (χ2v) is 8.35. The van der Waals surface area contributed by atoms with Crippen LogP contribution in [0.4, 0.5) is 11.8 Å². The molecule has 5 rings (SSSR count). The summed E-state index contributed by atoms with van der Waals surface area (Å²) in [5.41, 5.74) is 7.54. The number of nitrogen functional groups attached to an aromatic ring is 1. The summed E-state index contributed by atoms with van der Waals surface area (Å²) in [6.07, 6.45) is 0. The number of carbonyl (C=O) groups is 1. The predicted octanol–water partition coefficient (Wildman–Crippen LogP) is 3.98. The first-order chi connectivity index (χ1) is 17.6. The fraction of sp³-hybridized carbons (Fsp3) is 0.222. The Labute approximate surface area is 209 Å². The Morgan fingerprint density at radius 2 is 1.47 bits per heavy atom. The number of rotatable bonds is 6. The number of hydrogen-bond donors (Lipinski definition) is 1. The smallest absolute Gasteiger partial charge is 0.253 e. The van der Waals surface area contributed by atoms with Gasteiger partial charge < -0.3 is 29.7 Å². The molecule has 0 bridgehead atoms. The third-order valence-corrected chi connectivity index (χ3v) is 6.15. The number of aromatic nitrogens is 2. The number of nitrogens with two attached hydrogens (primary N) is 1. The standard InChI is InChI=1S/C27H27N5O4/c1-34-23-16-21-22(17-24(23)35-2)29-27(30-25(21)28)32-14-12-31(13-15-32)26(33)18-8-10-20(11-9-18)36-19-6-4-3-5-7-19/h3-11,16-17H,12-15H2,1-2H3,(H2,28,29,30). The highest BCUT2D eigenvalue weighted by Gasteiger charge is 2.24. The maximum Gasteiger partial charge on any atom is 0.253 e. The molecule has 9 heteroatoms. The lowest BCUT2D eigenvalue weighted by atomic mass is 10.1. The minimum absolute atomic E-state index is 0.0170. The Balaban J connectivity index is 1.25. The van der Waals surface area contributed by atoms with Gasteiger partial charge in [0.1, 0.15) is 17.3 Å². The van der Waals surface area contributed by atoms with Gasteiger partial charge in [-0.25, -0.2) is 4.98 Å². The van der Waals surface area contributed by atoms with Gasteiger partial charge in [-0.1, -0.05) is 18.2 Å². The van der Waals surface area contributed by atoms with E-state index in [0.717, 1.165) is 5.75 Å². The molecule has 1 saturated heterocycles. The number of methoxy groups -OCH3 is 2. The Morgan fingerprint density at radius 1 is 0.833 bits per heavy atom. The highest BCUT2D eigenvalue weighted by Crippen LogP contribution is 2.34. The Kier molecular flexibility index (Phi) is 6.44. The van der Waals surface area contributed by atoms with Gasteiger partial charge in [-0.3, -0.25) is 4.79 Å². The number of para-hydroxylation sites is 1. The van der Waals surface area contributed by atoms with Crippen LogP contribution in [0.5, 0.6) is 23.0 Å². The molecule has 1 amide bonds. The average molecular weight is 486 g/mol. The summed E-state index contributed by atoms with van der Waals surface area (Å²) in [6.45, 7) is 2.29. The molecule has 0 saturated carbocycles. The van der Waals surface area contributed by atoms with Crippen molar-refractivity contribution in [2.24, 2.45) is 0 Å². The number of amides is 1. The van der Waals surface area contributed by atoms with E-state index >= 15 is 0 Å². The van der Waals surface area contributed by atoms with Crippen LogP contribution in [-0.2, 0) is 0 Å². The van der Waals surface area contributed by atoms with Gasteiger partial charge in [-0.2, -0.15) is 4.98 Å². The zero-order valence-electron chi connectivity index (χ0n) is 20.2. The van der Waals surface area contributed by atoms with Crippen LogP contribution in [0.25, 0.3) is 10.9 Å². The van der Waals surface area contributed by atoms with Crippen molar-refractivity contribution >= 4 is 28.6 Å². The maximum atomic E-state index is 13.1. The van der Waals surface area contributed by atoms with E-state index in [4.69, 9.17) is 24.9 Å². The van der Waals surface area contributed by atoms with E-state index in [1.54, 1.807) is 38.5 Å². The van der Waals surface area contributed by atoms with Crippen LogP contribution in [0.3, 0.4) is 0 Å². The number of hydrogen-bond acceptors (Lipinski definition) is 8. The molecular weight excluding hydrogens is 458 g/mol. The molecule has 9 nitrogen and oxygen atoms in total. The van der Waals surface area contributed by atoms with Crippen molar-refractivity contribution in [1.82, 2.24) is 14.9 Å². The molecule has 0 aliphatic carbocycles. The summed E-state index contributed by atoms with van der Waals surface area (Å²) in [5.74, 6) is 3.46. The largest absolute Gasteiger partial charge is 0.493 e. The molecule has 2 N–H and O–H groups in total. The molecule has 1 aromatic heterocycles. The lowest BCUT2D eigenvalue weighted by molar-refractivity contribution is 0.0746. The van der Waals surface area contributed by atoms with Gasteiger partial charge in [0.2, 0.25) is 5.95 Å². The summed E-state index contributed by atoms with van der Waals surface area (Å²) in [6, 6.07) is 20.3. The molecule has 2 heterocycles. The minimum atomic E-state index is -0.0170. The van der Waals surface area contributed by atoms with Crippen molar-refractivity contribution in [2.75, 3.05) is 51.0 Å². The number of ether oxygens (including phenoxy) is 3. The average Bonchev–Trinajstić information content (AvgIpc) is 2.93. The molecule has 0 spiro atoms. The molecule has 0 atom stereocenters. The highest BCUT2D eigenvalue weighted by molar-refractivity contribution is 5.94. The first kappa shape index (κ1) is 23.2. The molecular formula is C27H27N5O4. The zero-order valence-corrected chi connectivity index (χ0v) is 20.2. The van der Waals surface area contributed by atoms with E-state index in [1.807, 2.05) is 52.3 Å². The predicted molar refractivity (Wildman–Crippen MR) is 138 cm³/mol. The zero-order chi connectivity index (χ0) is 25.1. The van der Waals surface area contributed by atoms with Crippen LogP contribution in [-0.4, -0.2) is 61.2 Å². The first-order valence-corrected chi connectivity index (χ1v) is 11.6. The van der Waals surface area contributed by atoms with Crippen molar-refractivity contribution in [3.05, 3.63) is 72.3 Å². The normalized spacial score (nSPS) is 13.5. The lowest BCUT2D eigenvalue weighted by Gasteiger charge is -2.35. The molecule has 1 aliphatic heterocycles. The number of carbonyl (C=O) groups excluding carboxylic acids is 1. The van der Waals surface area contributed by atoms with Crippen molar-refractivity contribution in [3.63, 3.8) is 0 Å². The first-order valence-electron chi connectivity index (χ1n) is 11.6. The Morgan fingerprint density at radius 3 is 2.14 bits per heavy atom. The second-order valence-electron chi connectivity index (χ2n) is 8.35.